The van der Waals surface area contributed by atoms with Gasteiger partial charge < -0.3 is 64.5 Å². The first-order valence-corrected chi connectivity index (χ1v) is 21.3. The number of rotatable bonds is 15. The third-order valence-corrected chi connectivity index (χ3v) is 12.2. The number of ether oxygens (including phenoxy) is 5. The van der Waals surface area contributed by atoms with E-state index >= 15 is 0 Å². The number of nitrogens with one attached hydrogen (secondary N) is 1. The van der Waals surface area contributed by atoms with E-state index in [0.717, 1.165) is 11.1 Å². The summed E-state index contributed by atoms with van der Waals surface area (Å²) in [6, 6.07) is 21.6. The molecule has 18 nitrogen and oxygen atoms in total. The average molecular weight is 915 g/mol. The van der Waals surface area contributed by atoms with Crippen molar-refractivity contribution in [3.8, 4) is 34.5 Å². The second kappa shape index (κ2) is 17.8. The van der Waals surface area contributed by atoms with Gasteiger partial charge in [0, 0.05) is 12.1 Å². The van der Waals surface area contributed by atoms with Crippen molar-refractivity contribution >= 4 is 35.3 Å². The molecule has 0 aromatic heterocycles. The number of nitrogens with zero attached hydrogens (tertiary/aromatic N) is 3. The maximum Gasteiger partial charge on any atom is 0.336 e. The van der Waals surface area contributed by atoms with Crippen molar-refractivity contribution in [2.45, 2.75) is 68.3 Å². The average Bonchev–Trinajstić information content (AvgIpc) is 4.00. The first-order chi connectivity index (χ1) is 32.2. The Bertz CT molecular complexity index is 2810. The Balaban J connectivity index is 1.08. The van der Waals surface area contributed by atoms with Crippen molar-refractivity contribution in [3.05, 3.63) is 137 Å². The van der Waals surface area contributed by atoms with Gasteiger partial charge in [-0.15, -0.1) is 0 Å². The van der Waals surface area contributed by atoms with Crippen LogP contribution in [0, 0.1) is 11.3 Å². The van der Waals surface area contributed by atoms with Gasteiger partial charge in [0.1, 0.15) is 77.9 Å². The lowest BCUT2D eigenvalue weighted by Gasteiger charge is -2.57. The molecule has 1 aliphatic carbocycles. The Morgan fingerprint density at radius 1 is 0.970 bits per heavy atom. The molecule has 4 aliphatic heterocycles. The summed E-state index contributed by atoms with van der Waals surface area (Å²) in [5.41, 5.74) is -2.25. The molecule has 0 spiro atoms. The van der Waals surface area contributed by atoms with Gasteiger partial charge in [-0.1, -0.05) is 61.0 Å². The van der Waals surface area contributed by atoms with Gasteiger partial charge in [0.25, 0.3) is 0 Å². The van der Waals surface area contributed by atoms with Gasteiger partial charge in [0.2, 0.25) is 12.0 Å². The molecule has 1 fully saturated rings. The highest BCUT2D eigenvalue weighted by atomic mass is 16.7. The second-order valence-electron chi connectivity index (χ2n) is 16.7. The predicted molar refractivity (Wildman–Crippen MR) is 241 cm³/mol. The Labute approximate surface area is 382 Å². The summed E-state index contributed by atoms with van der Waals surface area (Å²) in [5.74, 6) is -4.67. The number of carboxylic acid groups (broad SMARTS) is 1. The molecule has 1 unspecified atom stereocenters. The molecule has 9 rings (SSSR count). The van der Waals surface area contributed by atoms with Gasteiger partial charge in [0.15, 0.2) is 23.2 Å². The lowest BCUT2D eigenvalue weighted by atomic mass is 9.60. The van der Waals surface area contributed by atoms with Crippen molar-refractivity contribution in [2.75, 3.05) is 13.2 Å². The SMILES string of the molecule is CCc1cc(O)cc(COc2c(O[C@@H]3O[C@H](C(=O)O)[C@]4(O)[C@@H](C5=NC=NC5)C(Cc5ccccc5)=C[C@@]3(O)[C@@H]4O)cc3c(c2O)C(O)=CC(c2ccc(OC[C@H](O)C4=NC(=N)C=C4)cc2)O3)c1. The molecule has 67 heavy (non-hydrogen) atoms. The Kier molecular flexibility index (Phi) is 11.9. The van der Waals surface area contributed by atoms with Crippen LogP contribution >= 0.6 is 0 Å². The molecule has 0 amide bonds. The summed E-state index contributed by atoms with van der Waals surface area (Å²) in [6.45, 7) is 1.46. The number of aliphatic hydroxyl groups is 5. The molecule has 9 N–H and O–H groups in total. The Hall–Kier alpha value is -7.35. The van der Waals surface area contributed by atoms with E-state index in [-0.39, 0.29) is 54.8 Å². The van der Waals surface area contributed by atoms with Gasteiger partial charge in [0.05, 0.1) is 23.9 Å². The smallest absolute Gasteiger partial charge is 0.336 e. The molecule has 8 atom stereocenters. The number of phenols is 2. The molecule has 2 bridgehead atoms. The van der Waals surface area contributed by atoms with Gasteiger partial charge in [-0.05, 0) is 77.6 Å². The summed E-state index contributed by atoms with van der Waals surface area (Å²) in [7, 11) is 0. The highest BCUT2D eigenvalue weighted by Gasteiger charge is 2.71. The molecule has 4 aromatic rings. The van der Waals surface area contributed by atoms with Crippen LogP contribution in [-0.4, -0.2) is 119 Å². The number of aliphatic imine (C=N–C) groups is 3. The van der Waals surface area contributed by atoms with Crippen LogP contribution in [0.25, 0.3) is 5.76 Å². The van der Waals surface area contributed by atoms with Gasteiger partial charge in [-0.3, -0.25) is 10.4 Å². The number of aliphatic carboxylic acids is 1. The van der Waals surface area contributed by atoms with E-state index in [1.54, 1.807) is 60.7 Å². The van der Waals surface area contributed by atoms with E-state index in [1.165, 1.54) is 42.8 Å². The van der Waals surface area contributed by atoms with Gasteiger partial charge in [-0.25, -0.2) is 14.8 Å². The number of benzene rings is 4. The van der Waals surface area contributed by atoms with Crippen molar-refractivity contribution in [3.63, 3.8) is 0 Å². The van der Waals surface area contributed by atoms with Crippen LogP contribution in [0.15, 0.2) is 124 Å². The van der Waals surface area contributed by atoms with Crippen molar-refractivity contribution in [1.29, 1.82) is 5.41 Å². The summed E-state index contributed by atoms with van der Waals surface area (Å²) < 4.78 is 30.5. The normalized spacial score (nSPS) is 26.4. The molecule has 346 valence electrons. The first kappa shape index (κ1) is 44.8. The van der Waals surface area contributed by atoms with E-state index in [0.29, 0.717) is 34.6 Å². The maximum atomic E-state index is 13.1. The number of hydrogen-bond acceptors (Lipinski definition) is 16. The van der Waals surface area contributed by atoms with Crippen molar-refractivity contribution in [1.82, 2.24) is 0 Å². The largest absolute Gasteiger partial charge is 0.508 e. The third kappa shape index (κ3) is 8.40. The summed E-state index contributed by atoms with van der Waals surface area (Å²) >= 11 is 0. The second-order valence-corrected chi connectivity index (χ2v) is 16.7. The van der Waals surface area contributed by atoms with Crippen molar-refractivity contribution < 1.29 is 69.3 Å². The van der Waals surface area contributed by atoms with Crippen LogP contribution in [0.1, 0.15) is 40.8 Å². The fourth-order valence-electron chi connectivity index (χ4n) is 9.03. The molecule has 5 aliphatic rings. The van der Waals surface area contributed by atoms with Crippen LogP contribution in [0.2, 0.25) is 0 Å². The highest BCUT2D eigenvalue weighted by molar-refractivity contribution is 6.15. The van der Waals surface area contributed by atoms with E-state index in [4.69, 9.17) is 29.1 Å². The number of phenolic OH excluding ortho intramolecular Hbond substituents is 2. The molecule has 1 saturated heterocycles. The minimum absolute atomic E-state index is 0.0169. The lowest BCUT2D eigenvalue weighted by molar-refractivity contribution is -0.338. The van der Waals surface area contributed by atoms with Crippen LogP contribution < -0.4 is 18.9 Å². The summed E-state index contributed by atoms with van der Waals surface area (Å²) in [5, 5.41) is 99.8. The van der Waals surface area contributed by atoms with Crippen LogP contribution in [0.3, 0.4) is 0 Å². The van der Waals surface area contributed by atoms with Crippen LogP contribution in [-0.2, 0) is 29.0 Å². The minimum Gasteiger partial charge on any atom is -0.508 e. The number of fused-ring (bicyclic) bond motifs is 3. The number of aromatic hydroxyl groups is 2. The molecule has 18 heteroatoms. The predicted octanol–water partition coefficient (Wildman–Crippen LogP) is 4.29. The minimum atomic E-state index is -2.71. The van der Waals surface area contributed by atoms with Crippen LogP contribution in [0.5, 0.6) is 34.5 Å². The fraction of sp³-hybridized carbons (Fsp3) is 0.286. The van der Waals surface area contributed by atoms with Crippen LogP contribution in [0.4, 0.5) is 0 Å². The number of carbonyl (C=O) groups is 1. The van der Waals surface area contributed by atoms with Gasteiger partial charge >= 0.3 is 5.97 Å². The summed E-state index contributed by atoms with van der Waals surface area (Å²) in [4.78, 5) is 25.5. The topological polar surface area (TPSA) is 286 Å². The quantitative estimate of drug-likeness (QED) is 0.0753. The highest BCUT2D eigenvalue weighted by Crippen LogP contribution is 2.54. The maximum absolute atomic E-state index is 13.1. The third-order valence-electron chi connectivity index (χ3n) is 12.2. The number of aliphatic hydroxyl groups excluding tert-OH is 3. The number of hydrogen-bond donors (Lipinski definition) is 9. The monoisotopic (exact) mass is 914 g/mol. The van der Waals surface area contributed by atoms with E-state index in [9.17, 15) is 45.6 Å². The number of amidine groups is 1. The Morgan fingerprint density at radius 2 is 1.73 bits per heavy atom. The molecule has 4 heterocycles. The molecule has 0 saturated carbocycles. The zero-order valence-corrected chi connectivity index (χ0v) is 35.8. The van der Waals surface area contributed by atoms with E-state index in [1.807, 2.05) is 13.0 Å². The molecular formula is C49H46N4O14. The Morgan fingerprint density at radius 3 is 2.42 bits per heavy atom. The molecule has 0 radical (unpaired) electrons. The molecular weight excluding hydrogens is 869 g/mol. The number of aryl methyl sites for hydroxylation is 1. The first-order valence-electron chi connectivity index (χ1n) is 21.3. The standard InChI is InChI=1S/C49H46N4O14/c1-2-25-14-27(17-30(54)16-25)22-64-43-38(19-37-40(42(43)57)34(55)18-36(65-37)28-8-10-31(11-9-28)63-23-35(56)32-12-13-39(50)53-32)66-47-48(61)20-29(15-26-6-4-3-5-7-26)41(33-21-51-24-52-33)49(62,46(48)60)44(67-47)45(58)59/h3-14,16-20,24,35-36,41,44,46-47,50,54-57,60-62H,2,15,21-23H2,1H3,(H,58,59)/t35-,36?,41+,44+,46-,47+,48+,49+/m0/s1. The number of carboxylic acids is 1. The summed E-state index contributed by atoms with van der Waals surface area (Å²) in [6.07, 6.45) is -1.14. The molecule has 4 aromatic carbocycles. The van der Waals surface area contributed by atoms with E-state index in [2.05, 4.69) is 15.0 Å². The van der Waals surface area contributed by atoms with Gasteiger partial charge in [-0.2, -0.15) is 0 Å². The zero-order chi connectivity index (χ0) is 47.2. The van der Waals surface area contributed by atoms with Crippen molar-refractivity contribution in [2.24, 2.45) is 20.9 Å². The lowest BCUT2D eigenvalue weighted by Crippen LogP contribution is -2.79. The fourth-order valence-corrected chi connectivity index (χ4v) is 9.03. The van der Waals surface area contributed by atoms with E-state index < -0.39 is 76.8 Å². The zero-order valence-electron chi connectivity index (χ0n) is 35.8.